The van der Waals surface area contributed by atoms with Gasteiger partial charge in [-0.2, -0.15) is 4.31 Å². The van der Waals surface area contributed by atoms with Crippen LogP contribution in [0.4, 0.5) is 5.69 Å². The molecule has 128 valence electrons. The molecule has 0 spiro atoms. The van der Waals surface area contributed by atoms with Gasteiger partial charge in [-0.1, -0.05) is 20.3 Å². The maximum atomic E-state index is 12.8. The second-order valence-corrected chi connectivity index (χ2v) is 7.89. The lowest BCUT2D eigenvalue weighted by Gasteiger charge is -2.34. The highest BCUT2D eigenvalue weighted by atomic mass is 32.2. The van der Waals surface area contributed by atoms with Crippen LogP contribution in [-0.2, 0) is 14.8 Å². The Labute approximate surface area is 139 Å². The summed E-state index contributed by atoms with van der Waals surface area (Å²) in [7, 11) is -3.46. The Morgan fingerprint density at radius 1 is 1.22 bits per heavy atom. The van der Waals surface area contributed by atoms with Crippen molar-refractivity contribution in [3.63, 3.8) is 0 Å². The number of amides is 1. The van der Waals surface area contributed by atoms with Gasteiger partial charge in [-0.15, -0.1) is 0 Å². The van der Waals surface area contributed by atoms with Crippen LogP contribution in [0.1, 0.15) is 52.4 Å². The monoisotopic (exact) mass is 338 g/mol. The number of nitrogens with one attached hydrogen (secondary N) is 1. The average molecular weight is 338 g/mol. The molecule has 1 saturated heterocycles. The zero-order valence-corrected chi connectivity index (χ0v) is 14.7. The van der Waals surface area contributed by atoms with E-state index in [4.69, 9.17) is 0 Å². The Morgan fingerprint density at radius 3 is 2.52 bits per heavy atom. The predicted octanol–water partition coefficient (Wildman–Crippen LogP) is 3.38. The van der Waals surface area contributed by atoms with Crippen molar-refractivity contribution in [3.05, 3.63) is 24.3 Å². The third-order valence-corrected chi connectivity index (χ3v) is 6.23. The zero-order valence-electron chi connectivity index (χ0n) is 13.9. The summed E-state index contributed by atoms with van der Waals surface area (Å²) in [6.45, 7) is 4.57. The Morgan fingerprint density at radius 2 is 1.91 bits per heavy atom. The molecule has 1 fully saturated rings. The quantitative estimate of drug-likeness (QED) is 0.864. The summed E-state index contributed by atoms with van der Waals surface area (Å²) in [6, 6.07) is 6.57. The van der Waals surface area contributed by atoms with E-state index < -0.39 is 10.0 Å². The largest absolute Gasteiger partial charge is 0.326 e. The fourth-order valence-corrected chi connectivity index (χ4v) is 4.76. The summed E-state index contributed by atoms with van der Waals surface area (Å²) >= 11 is 0. The molecular weight excluding hydrogens is 312 g/mol. The molecule has 1 amide bonds. The van der Waals surface area contributed by atoms with Gasteiger partial charge in [0.25, 0.3) is 0 Å². The lowest BCUT2D eigenvalue weighted by Crippen LogP contribution is -2.43. The molecule has 23 heavy (non-hydrogen) atoms. The maximum Gasteiger partial charge on any atom is 0.243 e. The summed E-state index contributed by atoms with van der Waals surface area (Å²) in [4.78, 5) is 11.9. The van der Waals surface area contributed by atoms with Crippen LogP contribution in [-0.4, -0.2) is 31.2 Å². The first-order chi connectivity index (χ1) is 11.0. The second kappa shape index (κ2) is 7.93. The first-order valence-electron chi connectivity index (χ1n) is 8.40. The van der Waals surface area contributed by atoms with Gasteiger partial charge in [0.1, 0.15) is 0 Å². The highest BCUT2D eigenvalue weighted by molar-refractivity contribution is 7.89. The Kier molecular flexibility index (Phi) is 6.18. The summed E-state index contributed by atoms with van der Waals surface area (Å²) in [5.41, 5.74) is 0.632. The molecule has 6 heteroatoms. The van der Waals surface area contributed by atoms with Gasteiger partial charge in [0.15, 0.2) is 0 Å². The zero-order chi connectivity index (χ0) is 16.9. The molecule has 1 aliphatic rings. The summed E-state index contributed by atoms with van der Waals surface area (Å²) < 4.78 is 27.3. The number of nitrogens with zero attached hydrogens (tertiary/aromatic N) is 1. The molecule has 1 atom stereocenters. The van der Waals surface area contributed by atoms with Crippen LogP contribution in [0, 0.1) is 0 Å². The van der Waals surface area contributed by atoms with E-state index in [0.717, 1.165) is 32.1 Å². The van der Waals surface area contributed by atoms with Crippen molar-refractivity contribution in [2.75, 3.05) is 11.9 Å². The molecule has 5 nitrogen and oxygen atoms in total. The Hall–Kier alpha value is -1.40. The molecule has 2 rings (SSSR count). The highest BCUT2D eigenvalue weighted by Gasteiger charge is 2.32. The van der Waals surface area contributed by atoms with E-state index in [1.807, 2.05) is 13.8 Å². The Balaban J connectivity index is 2.15. The predicted molar refractivity (Wildman–Crippen MR) is 91.8 cm³/mol. The number of rotatable bonds is 6. The fourth-order valence-electron chi connectivity index (χ4n) is 2.99. The number of sulfonamides is 1. The minimum absolute atomic E-state index is 0.0508. The average Bonchev–Trinajstić information content (AvgIpc) is 2.55. The van der Waals surface area contributed by atoms with E-state index >= 15 is 0 Å². The van der Waals surface area contributed by atoms with Crippen LogP contribution in [0.3, 0.4) is 0 Å². The molecule has 1 aromatic rings. The lowest BCUT2D eigenvalue weighted by molar-refractivity contribution is -0.116. The third-order valence-electron chi connectivity index (χ3n) is 4.27. The van der Waals surface area contributed by atoms with Crippen LogP contribution in [0.2, 0.25) is 0 Å². The van der Waals surface area contributed by atoms with Crippen LogP contribution in [0.5, 0.6) is 0 Å². The van der Waals surface area contributed by atoms with Gasteiger partial charge >= 0.3 is 0 Å². The molecule has 1 heterocycles. The topological polar surface area (TPSA) is 66.5 Å². The number of piperidine rings is 1. The summed E-state index contributed by atoms with van der Waals surface area (Å²) in [6.07, 6.45) is 5.02. The third kappa shape index (κ3) is 4.32. The molecule has 0 aromatic heterocycles. The SMILES string of the molecule is CCCC(=O)Nc1ccc(S(=O)(=O)N2CCCCC2CC)cc1. The highest BCUT2D eigenvalue weighted by Crippen LogP contribution is 2.27. The van der Waals surface area contributed by atoms with Gasteiger partial charge in [-0.25, -0.2) is 8.42 Å². The molecule has 1 aliphatic heterocycles. The van der Waals surface area contributed by atoms with Crippen molar-refractivity contribution < 1.29 is 13.2 Å². The number of carbonyl (C=O) groups excluding carboxylic acids is 1. The molecule has 0 saturated carbocycles. The van der Waals surface area contributed by atoms with Gasteiger partial charge in [-0.3, -0.25) is 4.79 Å². The number of hydrogen-bond donors (Lipinski definition) is 1. The van der Waals surface area contributed by atoms with Gasteiger partial charge in [0.2, 0.25) is 15.9 Å². The Bertz CT molecular complexity index is 626. The minimum Gasteiger partial charge on any atom is -0.326 e. The van der Waals surface area contributed by atoms with Crippen LogP contribution >= 0.6 is 0 Å². The van der Waals surface area contributed by atoms with Gasteiger partial charge < -0.3 is 5.32 Å². The number of benzene rings is 1. The lowest BCUT2D eigenvalue weighted by atomic mass is 10.0. The van der Waals surface area contributed by atoms with Crippen molar-refractivity contribution in [2.24, 2.45) is 0 Å². The van der Waals surface area contributed by atoms with E-state index in [9.17, 15) is 13.2 Å². The molecular formula is C17H26N2O3S. The van der Waals surface area contributed by atoms with E-state index in [1.165, 1.54) is 0 Å². The first kappa shape index (κ1) is 17.9. The standard InChI is InChI=1S/C17H26N2O3S/c1-3-7-17(20)18-14-9-11-16(12-10-14)23(21,22)19-13-6-5-8-15(19)4-2/h9-12,15H,3-8,13H2,1-2H3,(H,18,20). The fraction of sp³-hybridized carbons (Fsp3) is 0.588. The molecule has 1 unspecified atom stereocenters. The van der Waals surface area contributed by atoms with Crippen LogP contribution < -0.4 is 5.32 Å². The summed E-state index contributed by atoms with van der Waals surface area (Å²) in [5, 5.41) is 2.77. The van der Waals surface area contributed by atoms with E-state index in [0.29, 0.717) is 23.5 Å². The normalized spacial score (nSPS) is 19.5. The molecule has 0 bridgehead atoms. The van der Waals surface area contributed by atoms with Gasteiger partial charge in [0.05, 0.1) is 4.90 Å². The molecule has 1 N–H and O–H groups in total. The molecule has 0 aliphatic carbocycles. The van der Waals surface area contributed by atoms with E-state index in [1.54, 1.807) is 28.6 Å². The summed E-state index contributed by atoms with van der Waals surface area (Å²) in [5.74, 6) is -0.0508. The van der Waals surface area contributed by atoms with Crippen molar-refractivity contribution >= 4 is 21.6 Å². The van der Waals surface area contributed by atoms with Gasteiger partial charge in [0, 0.05) is 24.7 Å². The van der Waals surface area contributed by atoms with Gasteiger partial charge in [-0.05, 0) is 49.9 Å². The molecule has 1 aromatic carbocycles. The van der Waals surface area contributed by atoms with Crippen LogP contribution in [0.25, 0.3) is 0 Å². The van der Waals surface area contributed by atoms with E-state index in [-0.39, 0.29) is 11.9 Å². The van der Waals surface area contributed by atoms with Crippen molar-refractivity contribution in [3.8, 4) is 0 Å². The second-order valence-electron chi connectivity index (χ2n) is 6.00. The number of hydrogen-bond acceptors (Lipinski definition) is 3. The minimum atomic E-state index is -3.46. The number of carbonyl (C=O) groups is 1. The first-order valence-corrected chi connectivity index (χ1v) is 9.84. The van der Waals surface area contributed by atoms with E-state index in [2.05, 4.69) is 5.32 Å². The van der Waals surface area contributed by atoms with Crippen LogP contribution in [0.15, 0.2) is 29.2 Å². The maximum absolute atomic E-state index is 12.8. The van der Waals surface area contributed by atoms with Crippen molar-refractivity contribution in [1.29, 1.82) is 0 Å². The number of anilines is 1. The smallest absolute Gasteiger partial charge is 0.243 e. The van der Waals surface area contributed by atoms with Crippen molar-refractivity contribution in [1.82, 2.24) is 4.31 Å². The molecule has 0 radical (unpaired) electrons. The van der Waals surface area contributed by atoms with Crippen molar-refractivity contribution in [2.45, 2.75) is 63.3 Å².